The van der Waals surface area contributed by atoms with Crippen molar-refractivity contribution in [3.05, 3.63) is 5.82 Å². The first-order valence-electron chi connectivity index (χ1n) is 5.91. The normalized spacial score (nSPS) is 17.6. The van der Waals surface area contributed by atoms with Gasteiger partial charge in [0.2, 0.25) is 0 Å². The molecular weight excluding hydrogens is 206 g/mol. The fourth-order valence-electron chi connectivity index (χ4n) is 1.94. The lowest BCUT2D eigenvalue weighted by atomic mass is 10.0. The third-order valence-electron chi connectivity index (χ3n) is 2.99. The number of hydrogen-bond acceptors (Lipinski definition) is 5. The molecular formula is C10H19N5O. The first-order valence-corrected chi connectivity index (χ1v) is 5.91. The highest BCUT2D eigenvalue weighted by Crippen LogP contribution is 2.16. The van der Waals surface area contributed by atoms with Gasteiger partial charge in [-0.1, -0.05) is 13.3 Å². The van der Waals surface area contributed by atoms with Crippen LogP contribution in [-0.4, -0.2) is 49.9 Å². The molecule has 0 spiro atoms. The first-order chi connectivity index (χ1) is 7.83. The molecule has 0 saturated carbocycles. The van der Waals surface area contributed by atoms with E-state index < -0.39 is 0 Å². The van der Waals surface area contributed by atoms with E-state index in [0.717, 1.165) is 44.8 Å². The predicted molar refractivity (Wildman–Crippen MR) is 58.6 cm³/mol. The van der Waals surface area contributed by atoms with E-state index in [4.69, 9.17) is 5.11 Å². The summed E-state index contributed by atoms with van der Waals surface area (Å²) in [5.74, 6) is 1.38. The lowest BCUT2D eigenvalue weighted by molar-refractivity contribution is 0.0448. The Hall–Kier alpha value is -1.01. The second-order valence-corrected chi connectivity index (χ2v) is 4.41. The highest BCUT2D eigenvalue weighted by atomic mass is 16.3. The maximum absolute atomic E-state index is 8.93. The third kappa shape index (κ3) is 2.56. The molecule has 0 atom stereocenters. The molecule has 2 heterocycles. The zero-order valence-electron chi connectivity index (χ0n) is 9.71. The van der Waals surface area contributed by atoms with Crippen LogP contribution in [0.1, 0.15) is 25.6 Å². The molecule has 1 saturated heterocycles. The average molecular weight is 225 g/mol. The van der Waals surface area contributed by atoms with Gasteiger partial charge in [-0.2, -0.15) is 0 Å². The minimum Gasteiger partial charge on any atom is -0.396 e. The topological polar surface area (TPSA) is 67.1 Å². The van der Waals surface area contributed by atoms with Crippen LogP contribution in [0, 0.1) is 5.92 Å². The van der Waals surface area contributed by atoms with Crippen molar-refractivity contribution >= 4 is 0 Å². The molecule has 0 bridgehead atoms. The molecule has 0 amide bonds. The van der Waals surface area contributed by atoms with E-state index in [9.17, 15) is 0 Å². The molecule has 1 aromatic rings. The van der Waals surface area contributed by atoms with Crippen LogP contribution in [0.2, 0.25) is 0 Å². The molecule has 6 nitrogen and oxygen atoms in total. The van der Waals surface area contributed by atoms with Gasteiger partial charge in [-0.05, 0) is 16.8 Å². The number of aliphatic hydroxyl groups is 1. The summed E-state index contributed by atoms with van der Waals surface area (Å²) in [4.78, 5) is 2.26. The van der Waals surface area contributed by atoms with Crippen molar-refractivity contribution in [2.45, 2.75) is 32.9 Å². The van der Waals surface area contributed by atoms with Crippen molar-refractivity contribution in [3.63, 3.8) is 0 Å². The van der Waals surface area contributed by atoms with Gasteiger partial charge in [0, 0.05) is 32.2 Å². The fraction of sp³-hybridized carbons (Fsp3) is 0.900. The zero-order chi connectivity index (χ0) is 11.4. The second-order valence-electron chi connectivity index (χ2n) is 4.41. The highest BCUT2D eigenvalue weighted by Gasteiger charge is 2.27. The zero-order valence-corrected chi connectivity index (χ0v) is 9.71. The molecule has 1 fully saturated rings. The monoisotopic (exact) mass is 225 g/mol. The summed E-state index contributed by atoms with van der Waals surface area (Å²) in [5.41, 5.74) is 0. The van der Waals surface area contributed by atoms with Crippen molar-refractivity contribution in [1.82, 2.24) is 25.1 Å². The summed E-state index contributed by atoms with van der Waals surface area (Å²) < 4.78 is 1.88. The maximum atomic E-state index is 8.93. The van der Waals surface area contributed by atoms with Crippen molar-refractivity contribution in [3.8, 4) is 0 Å². The smallest absolute Gasteiger partial charge is 0.165 e. The molecule has 1 N–H and O–H groups in total. The molecule has 0 aromatic carbocycles. The van der Waals surface area contributed by atoms with E-state index in [2.05, 4.69) is 27.3 Å². The van der Waals surface area contributed by atoms with Gasteiger partial charge in [0.1, 0.15) is 0 Å². The van der Waals surface area contributed by atoms with E-state index in [1.807, 2.05) is 4.68 Å². The number of likely N-dealkylation sites (tertiary alicyclic amines) is 1. The summed E-state index contributed by atoms with van der Waals surface area (Å²) in [6.45, 7) is 6.06. The van der Waals surface area contributed by atoms with E-state index in [1.54, 1.807) is 0 Å². The Morgan fingerprint density at radius 1 is 1.44 bits per heavy atom. The third-order valence-corrected chi connectivity index (χ3v) is 2.99. The molecule has 16 heavy (non-hydrogen) atoms. The van der Waals surface area contributed by atoms with Crippen LogP contribution < -0.4 is 0 Å². The predicted octanol–water partition coefficient (Wildman–Crippen LogP) is -0.103. The standard InChI is InChI=1S/C10H19N5O/c1-2-3-4-15-10(11-12-13-15)7-14-5-9(6-14)8-16/h9,16H,2-8H2,1H3. The Bertz CT molecular complexity index is 321. The van der Waals surface area contributed by atoms with Crippen molar-refractivity contribution in [2.24, 2.45) is 5.92 Å². The lowest BCUT2D eigenvalue weighted by Crippen LogP contribution is -2.47. The van der Waals surface area contributed by atoms with Gasteiger partial charge in [0.25, 0.3) is 0 Å². The maximum Gasteiger partial charge on any atom is 0.165 e. The van der Waals surface area contributed by atoms with Crippen LogP contribution in [0.3, 0.4) is 0 Å². The minimum absolute atomic E-state index is 0.289. The number of nitrogens with zero attached hydrogens (tertiary/aromatic N) is 5. The molecule has 0 aliphatic carbocycles. The van der Waals surface area contributed by atoms with Crippen LogP contribution in [0.25, 0.3) is 0 Å². The largest absolute Gasteiger partial charge is 0.396 e. The fourth-order valence-corrected chi connectivity index (χ4v) is 1.94. The van der Waals surface area contributed by atoms with E-state index in [1.165, 1.54) is 0 Å². The second kappa shape index (κ2) is 5.36. The Labute approximate surface area is 95.2 Å². The molecule has 1 aliphatic heterocycles. The SMILES string of the molecule is CCCCn1nnnc1CN1CC(CO)C1. The number of aliphatic hydroxyl groups excluding tert-OH is 1. The van der Waals surface area contributed by atoms with E-state index in [-0.39, 0.29) is 6.61 Å². The van der Waals surface area contributed by atoms with Crippen molar-refractivity contribution < 1.29 is 5.11 Å². The van der Waals surface area contributed by atoms with Gasteiger partial charge in [0.05, 0.1) is 6.54 Å². The van der Waals surface area contributed by atoms with Gasteiger partial charge >= 0.3 is 0 Å². The van der Waals surface area contributed by atoms with Crippen molar-refractivity contribution in [2.75, 3.05) is 19.7 Å². The number of aromatic nitrogens is 4. The summed E-state index contributed by atoms with van der Waals surface area (Å²) in [6.07, 6.45) is 2.26. The Morgan fingerprint density at radius 3 is 2.94 bits per heavy atom. The first kappa shape index (κ1) is 11.5. The van der Waals surface area contributed by atoms with Gasteiger partial charge in [-0.25, -0.2) is 4.68 Å². The Morgan fingerprint density at radius 2 is 2.25 bits per heavy atom. The van der Waals surface area contributed by atoms with Crippen LogP contribution in [0.4, 0.5) is 0 Å². The molecule has 90 valence electrons. The summed E-state index contributed by atoms with van der Waals surface area (Å²) in [6, 6.07) is 0. The van der Waals surface area contributed by atoms with Crippen LogP contribution in [0.15, 0.2) is 0 Å². The number of tetrazole rings is 1. The molecule has 2 rings (SSSR count). The van der Waals surface area contributed by atoms with Gasteiger partial charge in [0.15, 0.2) is 5.82 Å². The van der Waals surface area contributed by atoms with Gasteiger partial charge in [-0.15, -0.1) is 5.10 Å². The summed E-state index contributed by atoms with van der Waals surface area (Å²) in [7, 11) is 0. The highest BCUT2D eigenvalue weighted by molar-refractivity contribution is 4.87. The summed E-state index contributed by atoms with van der Waals surface area (Å²) in [5, 5.41) is 20.7. The number of aryl methyl sites for hydroxylation is 1. The Kier molecular flexibility index (Phi) is 3.84. The lowest BCUT2D eigenvalue weighted by Gasteiger charge is -2.37. The van der Waals surface area contributed by atoms with Crippen LogP contribution in [0.5, 0.6) is 0 Å². The van der Waals surface area contributed by atoms with Crippen molar-refractivity contribution in [1.29, 1.82) is 0 Å². The van der Waals surface area contributed by atoms with Crippen LogP contribution >= 0.6 is 0 Å². The quantitative estimate of drug-likeness (QED) is 0.732. The van der Waals surface area contributed by atoms with Gasteiger partial charge in [-0.3, -0.25) is 4.90 Å². The van der Waals surface area contributed by atoms with E-state index >= 15 is 0 Å². The molecule has 1 aromatic heterocycles. The number of hydrogen-bond donors (Lipinski definition) is 1. The number of unbranched alkanes of at least 4 members (excludes halogenated alkanes) is 1. The molecule has 0 radical (unpaired) electrons. The summed E-state index contributed by atoms with van der Waals surface area (Å²) >= 11 is 0. The van der Waals surface area contributed by atoms with Crippen LogP contribution in [-0.2, 0) is 13.1 Å². The number of rotatable bonds is 6. The van der Waals surface area contributed by atoms with E-state index in [0.29, 0.717) is 5.92 Å². The average Bonchev–Trinajstić information content (AvgIpc) is 2.67. The van der Waals surface area contributed by atoms with Gasteiger partial charge < -0.3 is 5.11 Å². The molecule has 1 aliphatic rings. The molecule has 0 unspecified atom stereocenters. The molecule has 6 heteroatoms. The Balaban J connectivity index is 1.82. The minimum atomic E-state index is 0.289.